The molecule has 0 bridgehead atoms. The summed E-state index contributed by atoms with van der Waals surface area (Å²) in [6.45, 7) is 4.10. The third-order valence-corrected chi connectivity index (χ3v) is 6.50. The number of rotatable bonds is 8. The molecule has 3 N–H and O–H groups in total. The van der Waals surface area contributed by atoms with Crippen molar-refractivity contribution in [2.75, 3.05) is 11.9 Å². The van der Waals surface area contributed by atoms with Crippen LogP contribution in [0.3, 0.4) is 0 Å². The molecule has 2 aromatic heterocycles. The van der Waals surface area contributed by atoms with Crippen LogP contribution in [0, 0.1) is 0 Å². The lowest BCUT2D eigenvalue weighted by Crippen LogP contribution is -2.26. The molecule has 0 amide bonds. The van der Waals surface area contributed by atoms with Gasteiger partial charge in [-0.15, -0.1) is 11.3 Å². The van der Waals surface area contributed by atoms with Gasteiger partial charge in [0.15, 0.2) is 4.34 Å². The number of aliphatic carboxylic acids is 1. The lowest BCUT2D eigenvalue weighted by Gasteiger charge is -2.15. The quantitative estimate of drug-likeness (QED) is 0.494. The molecular formula is C20H21ClN3O2S2+. The molecule has 0 unspecified atom stereocenters. The third kappa shape index (κ3) is 5.47. The van der Waals surface area contributed by atoms with Gasteiger partial charge in [0.25, 0.3) is 5.82 Å². The molecule has 5 nitrogen and oxygen atoms in total. The second kappa shape index (κ2) is 8.94. The van der Waals surface area contributed by atoms with Gasteiger partial charge in [-0.2, -0.15) is 0 Å². The van der Waals surface area contributed by atoms with Gasteiger partial charge in [-0.05, 0) is 37.6 Å². The Morgan fingerprint density at radius 1 is 1.25 bits per heavy atom. The van der Waals surface area contributed by atoms with Crippen molar-refractivity contribution >= 4 is 46.5 Å². The predicted molar refractivity (Wildman–Crippen MR) is 115 cm³/mol. The zero-order chi connectivity index (χ0) is 20.1. The molecule has 28 heavy (non-hydrogen) atoms. The summed E-state index contributed by atoms with van der Waals surface area (Å²) in [5.74, 6) is 0.0862. The molecule has 0 fully saturated rings. The van der Waals surface area contributed by atoms with E-state index in [1.807, 2.05) is 48.0 Å². The van der Waals surface area contributed by atoms with Gasteiger partial charge < -0.3 is 5.11 Å². The second-order valence-corrected chi connectivity index (χ2v) is 9.86. The number of H-pyrrole nitrogens is 1. The first-order chi connectivity index (χ1) is 13.3. The smallest absolute Gasteiger partial charge is 0.319 e. The second-order valence-electron chi connectivity index (χ2n) is 6.70. The standard InChI is InChI=1S/C20H20ClN3O2S2/c1-20(2,18(25)26)28-19-24-16(12-27-19)9-10-22-17-8-5-14(11-23-17)13-3-6-15(21)7-4-13/h3-8,11-12H,9-10H2,1-2H3,(H,22,23)(H,25,26)/p+1. The molecule has 8 heteroatoms. The highest BCUT2D eigenvalue weighted by Crippen LogP contribution is 2.34. The van der Waals surface area contributed by atoms with E-state index >= 15 is 0 Å². The minimum atomic E-state index is -0.881. The molecule has 3 aromatic rings. The fourth-order valence-corrected chi connectivity index (χ4v) is 4.75. The van der Waals surface area contributed by atoms with E-state index < -0.39 is 10.7 Å². The number of carboxylic acids is 1. The monoisotopic (exact) mass is 434 g/mol. The maximum absolute atomic E-state index is 11.2. The number of nitrogens with one attached hydrogen (secondary N) is 2. The van der Waals surface area contributed by atoms with Gasteiger partial charge in [0.1, 0.15) is 4.75 Å². The molecule has 0 radical (unpaired) electrons. The summed E-state index contributed by atoms with van der Waals surface area (Å²) in [7, 11) is 0. The van der Waals surface area contributed by atoms with E-state index in [1.165, 1.54) is 23.1 Å². The van der Waals surface area contributed by atoms with Crippen LogP contribution in [0.2, 0.25) is 5.02 Å². The van der Waals surface area contributed by atoms with Crippen molar-refractivity contribution in [2.45, 2.75) is 29.4 Å². The lowest BCUT2D eigenvalue weighted by molar-refractivity contribution is -0.360. The zero-order valence-electron chi connectivity index (χ0n) is 15.5. The van der Waals surface area contributed by atoms with Crippen molar-refractivity contribution in [1.82, 2.24) is 4.98 Å². The minimum Gasteiger partial charge on any atom is -0.480 e. The normalized spacial score (nSPS) is 11.4. The first kappa shape index (κ1) is 20.6. The Bertz CT molecular complexity index is 941. The summed E-state index contributed by atoms with van der Waals surface area (Å²) in [6, 6.07) is 11.8. The number of halogens is 1. The molecule has 0 atom stereocenters. The van der Waals surface area contributed by atoms with Crippen molar-refractivity contribution in [1.29, 1.82) is 0 Å². The number of hydrogen-bond donors (Lipinski definition) is 2. The molecule has 0 spiro atoms. The van der Waals surface area contributed by atoms with Gasteiger partial charge in [-0.25, -0.2) is 9.97 Å². The summed E-state index contributed by atoms with van der Waals surface area (Å²) in [5, 5.41) is 15.3. The minimum absolute atomic E-state index is 0.723. The average Bonchev–Trinajstić information content (AvgIpc) is 3.09. The predicted octanol–water partition coefficient (Wildman–Crippen LogP) is 4.89. The van der Waals surface area contributed by atoms with Gasteiger partial charge >= 0.3 is 5.97 Å². The van der Waals surface area contributed by atoms with Crippen LogP contribution in [0.15, 0.2) is 52.3 Å². The number of thiazole rings is 1. The van der Waals surface area contributed by atoms with E-state index in [0.29, 0.717) is 0 Å². The number of carboxylic acid groups (broad SMARTS) is 1. The van der Waals surface area contributed by atoms with Crippen LogP contribution in [0.4, 0.5) is 5.82 Å². The Balaban J connectivity index is 1.51. The number of aromatic nitrogens is 2. The number of carbonyl (C=O) groups is 1. The van der Waals surface area contributed by atoms with Crippen molar-refractivity contribution in [3.8, 4) is 11.1 Å². The SMILES string of the molecule is CC(C)(Sc1nc(CCNc2ccc(-c3ccc(Cl)cc3)c[nH+]2)cs1)C(=O)O. The van der Waals surface area contributed by atoms with E-state index in [4.69, 9.17) is 11.6 Å². The lowest BCUT2D eigenvalue weighted by atomic mass is 10.1. The largest absolute Gasteiger partial charge is 0.480 e. The van der Waals surface area contributed by atoms with Crippen LogP contribution < -0.4 is 10.3 Å². The van der Waals surface area contributed by atoms with E-state index in [9.17, 15) is 9.90 Å². The Kier molecular flexibility index (Phi) is 6.59. The first-order valence-electron chi connectivity index (χ1n) is 8.72. The molecule has 3 rings (SSSR count). The fourth-order valence-electron chi connectivity index (χ4n) is 2.39. The number of aromatic amines is 1. The number of anilines is 1. The molecule has 146 valence electrons. The van der Waals surface area contributed by atoms with Crippen molar-refractivity contribution in [3.05, 3.63) is 58.7 Å². The van der Waals surface area contributed by atoms with Gasteiger partial charge in [0.2, 0.25) is 0 Å². The molecule has 0 aliphatic heterocycles. The molecule has 0 saturated heterocycles. The van der Waals surface area contributed by atoms with E-state index in [1.54, 1.807) is 13.8 Å². The highest BCUT2D eigenvalue weighted by molar-refractivity contribution is 8.02. The van der Waals surface area contributed by atoms with Crippen LogP contribution in [0.25, 0.3) is 11.1 Å². The van der Waals surface area contributed by atoms with Gasteiger partial charge in [0.05, 0.1) is 18.4 Å². The van der Waals surface area contributed by atoms with Crippen molar-refractivity contribution in [3.63, 3.8) is 0 Å². The van der Waals surface area contributed by atoms with Crippen LogP contribution in [0.5, 0.6) is 0 Å². The Hall–Kier alpha value is -2.09. The summed E-state index contributed by atoms with van der Waals surface area (Å²) in [5.41, 5.74) is 3.15. The highest BCUT2D eigenvalue weighted by Gasteiger charge is 2.29. The molecule has 1 aromatic carbocycles. The Morgan fingerprint density at radius 3 is 2.61 bits per heavy atom. The molecule has 0 aliphatic carbocycles. The van der Waals surface area contributed by atoms with Crippen LogP contribution in [-0.4, -0.2) is 27.4 Å². The van der Waals surface area contributed by atoms with Crippen LogP contribution in [0.1, 0.15) is 19.5 Å². The maximum atomic E-state index is 11.2. The summed E-state index contributed by atoms with van der Waals surface area (Å²) in [6.07, 6.45) is 2.72. The molecule has 0 aliphatic rings. The average molecular weight is 435 g/mol. The number of benzene rings is 1. The van der Waals surface area contributed by atoms with Crippen molar-refractivity contribution in [2.24, 2.45) is 0 Å². The first-order valence-corrected chi connectivity index (χ1v) is 10.8. The van der Waals surface area contributed by atoms with Gasteiger partial charge in [-0.1, -0.05) is 35.5 Å². The zero-order valence-corrected chi connectivity index (χ0v) is 17.9. The fraction of sp³-hybridized carbons (Fsp3) is 0.250. The maximum Gasteiger partial charge on any atom is 0.319 e. The number of nitrogens with zero attached hydrogens (tertiary/aromatic N) is 1. The number of hydrogen-bond acceptors (Lipinski definition) is 5. The van der Waals surface area contributed by atoms with Gasteiger partial charge in [0, 0.05) is 28.5 Å². The number of thioether (sulfide) groups is 1. The Labute approximate surface area is 177 Å². The van der Waals surface area contributed by atoms with E-state index in [0.717, 1.165) is 45.0 Å². The van der Waals surface area contributed by atoms with Gasteiger partial charge in [-0.3, -0.25) is 10.1 Å². The van der Waals surface area contributed by atoms with Crippen LogP contribution >= 0.6 is 34.7 Å². The molecular weight excluding hydrogens is 414 g/mol. The highest BCUT2D eigenvalue weighted by atomic mass is 35.5. The Morgan fingerprint density at radius 2 is 1.96 bits per heavy atom. The van der Waals surface area contributed by atoms with E-state index in [2.05, 4.69) is 15.3 Å². The van der Waals surface area contributed by atoms with Crippen molar-refractivity contribution < 1.29 is 14.9 Å². The summed E-state index contributed by atoms with van der Waals surface area (Å²) < 4.78 is -0.102. The van der Waals surface area contributed by atoms with E-state index in [-0.39, 0.29) is 0 Å². The van der Waals surface area contributed by atoms with Crippen LogP contribution in [-0.2, 0) is 11.2 Å². The molecule has 2 heterocycles. The summed E-state index contributed by atoms with van der Waals surface area (Å²) >= 11 is 8.69. The molecule has 0 saturated carbocycles. The summed E-state index contributed by atoms with van der Waals surface area (Å²) in [4.78, 5) is 19.0. The third-order valence-electron chi connectivity index (χ3n) is 4.08. The number of pyridine rings is 1. The topological polar surface area (TPSA) is 76.4 Å².